The third kappa shape index (κ3) is 6.88. The minimum atomic E-state index is -5.08. The average molecular weight is 459 g/mol. The molecule has 0 bridgehead atoms. The van der Waals surface area contributed by atoms with Crippen molar-refractivity contribution in [2.45, 2.75) is 50.6 Å². The van der Waals surface area contributed by atoms with Crippen molar-refractivity contribution in [3.05, 3.63) is 40.3 Å². The van der Waals surface area contributed by atoms with Gasteiger partial charge in [0.25, 0.3) is 0 Å². The first-order valence-electron chi connectivity index (χ1n) is 9.81. The van der Waals surface area contributed by atoms with E-state index in [0.717, 1.165) is 32.5 Å². The monoisotopic (exact) mass is 459 g/mol. The smallest absolute Gasteiger partial charge is 0.475 e. The van der Waals surface area contributed by atoms with Crippen molar-refractivity contribution < 1.29 is 32.5 Å². The van der Waals surface area contributed by atoms with E-state index < -0.39 is 12.1 Å². The molecule has 2 aromatic heterocycles. The Morgan fingerprint density at radius 2 is 2.10 bits per heavy atom. The molecule has 2 saturated heterocycles. The Labute approximate surface area is 181 Å². The van der Waals surface area contributed by atoms with Crippen LogP contribution in [-0.2, 0) is 16.1 Å². The molecule has 2 aliphatic rings. The van der Waals surface area contributed by atoms with Crippen LogP contribution in [0.1, 0.15) is 29.0 Å². The molecule has 170 valence electrons. The van der Waals surface area contributed by atoms with Crippen molar-refractivity contribution in [1.29, 1.82) is 0 Å². The van der Waals surface area contributed by atoms with Crippen LogP contribution in [0.25, 0.3) is 0 Å². The van der Waals surface area contributed by atoms with E-state index in [1.807, 2.05) is 11.3 Å². The third-order valence-corrected chi connectivity index (χ3v) is 6.01. The summed E-state index contributed by atoms with van der Waals surface area (Å²) in [6, 6.07) is 6.69. The predicted molar refractivity (Wildman–Crippen MR) is 107 cm³/mol. The first-order valence-corrected chi connectivity index (χ1v) is 10.6. The number of aryl methyl sites for hydroxylation is 1. The molecule has 0 saturated carbocycles. The number of aromatic nitrogens is 2. The van der Waals surface area contributed by atoms with Crippen LogP contribution in [0.15, 0.2) is 30.6 Å². The van der Waals surface area contributed by atoms with Crippen molar-refractivity contribution in [3.8, 4) is 6.01 Å². The maximum absolute atomic E-state index is 10.6. The molecule has 4 heterocycles. The highest BCUT2D eigenvalue weighted by Gasteiger charge is 2.44. The van der Waals surface area contributed by atoms with E-state index in [-0.39, 0.29) is 11.7 Å². The largest absolute Gasteiger partial charge is 0.490 e. The van der Waals surface area contributed by atoms with Crippen molar-refractivity contribution in [2.75, 3.05) is 19.7 Å². The summed E-state index contributed by atoms with van der Waals surface area (Å²) in [6.45, 7) is 5.95. The molecular formula is C20H24F3N3O4S. The number of alkyl halides is 3. The summed E-state index contributed by atoms with van der Waals surface area (Å²) in [5, 5.41) is 7.12. The number of thiophene rings is 1. The van der Waals surface area contributed by atoms with Gasteiger partial charge in [0.05, 0.1) is 12.2 Å². The van der Waals surface area contributed by atoms with Gasteiger partial charge < -0.3 is 14.6 Å². The predicted octanol–water partition coefficient (Wildman–Crippen LogP) is 3.68. The van der Waals surface area contributed by atoms with Gasteiger partial charge in [-0.05, 0) is 44.5 Å². The van der Waals surface area contributed by atoms with Gasteiger partial charge in [0.2, 0.25) is 0 Å². The lowest BCUT2D eigenvalue weighted by atomic mass is 9.89. The van der Waals surface area contributed by atoms with Crippen molar-refractivity contribution in [3.63, 3.8) is 0 Å². The van der Waals surface area contributed by atoms with Crippen LogP contribution < -0.4 is 4.74 Å². The number of piperidine rings is 1. The number of aliphatic carboxylic acids is 1. The van der Waals surface area contributed by atoms with Gasteiger partial charge in [0.15, 0.2) is 0 Å². The molecule has 31 heavy (non-hydrogen) atoms. The summed E-state index contributed by atoms with van der Waals surface area (Å²) in [4.78, 5) is 22.5. The number of nitrogens with zero attached hydrogens (tertiary/aromatic N) is 3. The van der Waals surface area contributed by atoms with Crippen LogP contribution in [0.4, 0.5) is 13.2 Å². The van der Waals surface area contributed by atoms with Gasteiger partial charge in [0, 0.05) is 41.7 Å². The summed E-state index contributed by atoms with van der Waals surface area (Å²) in [6.07, 6.45) is 1.60. The Balaban J connectivity index is 0.000000339. The lowest BCUT2D eigenvalue weighted by Crippen LogP contribution is -2.47. The molecule has 2 fully saturated rings. The zero-order valence-corrected chi connectivity index (χ0v) is 17.8. The molecule has 11 heteroatoms. The second-order valence-electron chi connectivity index (χ2n) is 7.60. The van der Waals surface area contributed by atoms with Gasteiger partial charge in [-0.2, -0.15) is 13.2 Å². The minimum Gasteiger partial charge on any atom is -0.475 e. The topological polar surface area (TPSA) is 84.8 Å². The Hall–Kier alpha value is -2.24. The van der Waals surface area contributed by atoms with Crippen LogP contribution >= 0.6 is 11.3 Å². The lowest BCUT2D eigenvalue weighted by Gasteiger charge is -2.39. The van der Waals surface area contributed by atoms with Gasteiger partial charge >= 0.3 is 18.2 Å². The van der Waals surface area contributed by atoms with E-state index in [1.54, 1.807) is 18.5 Å². The molecule has 7 nitrogen and oxygen atoms in total. The standard InChI is InChI=1S/C18H23N3O2S.C2HF3O2/c1-14-4-5-16(24-14)11-21-9-2-6-18(13-21)10-15(12-22-18)23-17-19-7-3-8-20-17;3-2(4,5)1(6)7/h3-5,7-8,15H,2,6,9-13H2,1H3;(H,6,7). The third-order valence-electron chi connectivity index (χ3n) is 5.03. The number of hydrogen-bond donors (Lipinski definition) is 1. The van der Waals surface area contributed by atoms with E-state index in [0.29, 0.717) is 12.6 Å². The molecule has 0 aromatic carbocycles. The highest BCUT2D eigenvalue weighted by Crippen LogP contribution is 2.36. The van der Waals surface area contributed by atoms with Crippen LogP contribution in [0, 0.1) is 6.92 Å². The number of ether oxygens (including phenoxy) is 2. The average Bonchev–Trinajstić information content (AvgIpc) is 3.28. The zero-order valence-electron chi connectivity index (χ0n) is 17.0. The second-order valence-corrected chi connectivity index (χ2v) is 8.97. The van der Waals surface area contributed by atoms with Gasteiger partial charge in [-0.15, -0.1) is 11.3 Å². The number of carbonyl (C=O) groups is 1. The van der Waals surface area contributed by atoms with Crippen LogP contribution in [0.5, 0.6) is 6.01 Å². The SMILES string of the molecule is Cc1ccc(CN2CCCC3(CC(Oc4ncccn4)CO3)C2)s1.O=C(O)C(F)(F)F. The van der Waals surface area contributed by atoms with Gasteiger partial charge in [-0.25, -0.2) is 14.8 Å². The van der Waals surface area contributed by atoms with Crippen LogP contribution in [0.3, 0.4) is 0 Å². The zero-order chi connectivity index (χ0) is 22.5. The molecule has 2 aromatic rings. The van der Waals surface area contributed by atoms with Crippen molar-refractivity contribution in [2.24, 2.45) is 0 Å². The summed E-state index contributed by atoms with van der Waals surface area (Å²) in [5.74, 6) is -2.76. The first-order chi connectivity index (χ1) is 14.7. The van der Waals surface area contributed by atoms with E-state index >= 15 is 0 Å². The molecular weight excluding hydrogens is 435 g/mol. The molecule has 4 rings (SSSR count). The summed E-state index contributed by atoms with van der Waals surface area (Å²) in [5.41, 5.74) is -0.0655. The molecule has 0 radical (unpaired) electrons. The van der Waals surface area contributed by atoms with E-state index in [1.165, 1.54) is 16.2 Å². The van der Waals surface area contributed by atoms with E-state index in [9.17, 15) is 13.2 Å². The van der Waals surface area contributed by atoms with E-state index in [4.69, 9.17) is 19.4 Å². The lowest BCUT2D eigenvalue weighted by molar-refractivity contribution is -0.192. The van der Waals surface area contributed by atoms with Crippen molar-refractivity contribution >= 4 is 17.3 Å². The first kappa shape index (κ1) is 23.4. The van der Waals surface area contributed by atoms with Gasteiger partial charge in [-0.3, -0.25) is 4.90 Å². The fourth-order valence-corrected chi connectivity index (χ4v) is 4.71. The van der Waals surface area contributed by atoms with Crippen molar-refractivity contribution in [1.82, 2.24) is 14.9 Å². The highest BCUT2D eigenvalue weighted by molar-refractivity contribution is 7.11. The Bertz CT molecular complexity index is 865. The number of carboxylic acids is 1. The quantitative estimate of drug-likeness (QED) is 0.747. The molecule has 0 aliphatic carbocycles. The van der Waals surface area contributed by atoms with Gasteiger partial charge in [0.1, 0.15) is 6.10 Å². The molecule has 1 N–H and O–H groups in total. The van der Waals surface area contributed by atoms with Crippen LogP contribution in [-0.4, -0.2) is 63.5 Å². The fourth-order valence-electron chi connectivity index (χ4n) is 3.77. The van der Waals surface area contributed by atoms with E-state index in [2.05, 4.69) is 33.9 Å². The normalized spacial score (nSPS) is 23.9. The number of rotatable bonds is 4. The van der Waals surface area contributed by atoms with Crippen LogP contribution in [0.2, 0.25) is 0 Å². The Kier molecular flexibility index (Phi) is 7.50. The van der Waals surface area contributed by atoms with Gasteiger partial charge in [-0.1, -0.05) is 0 Å². The molecule has 2 aliphatic heterocycles. The number of carboxylic acid groups (broad SMARTS) is 1. The molecule has 1 spiro atoms. The molecule has 2 atom stereocenters. The number of likely N-dealkylation sites (tertiary alicyclic amines) is 1. The molecule has 2 unspecified atom stereocenters. The molecule has 0 amide bonds. The number of halogens is 3. The summed E-state index contributed by atoms with van der Waals surface area (Å²) >= 11 is 1.89. The second kappa shape index (κ2) is 9.92. The number of hydrogen-bond acceptors (Lipinski definition) is 7. The maximum Gasteiger partial charge on any atom is 0.490 e. The minimum absolute atomic E-state index is 0.0522. The fraction of sp³-hybridized carbons (Fsp3) is 0.550. The maximum atomic E-state index is 10.6. The Morgan fingerprint density at radius 1 is 1.39 bits per heavy atom. The summed E-state index contributed by atoms with van der Waals surface area (Å²) in [7, 11) is 0. The Morgan fingerprint density at radius 3 is 2.71 bits per heavy atom. The summed E-state index contributed by atoms with van der Waals surface area (Å²) < 4.78 is 43.9. The highest BCUT2D eigenvalue weighted by atomic mass is 32.1.